The lowest BCUT2D eigenvalue weighted by atomic mass is 10.1. The summed E-state index contributed by atoms with van der Waals surface area (Å²) in [4.78, 5) is 4.03. The Balaban J connectivity index is 2.68. The molecule has 2 atom stereocenters. The van der Waals surface area contributed by atoms with Gasteiger partial charge < -0.3 is 16.3 Å². The normalized spacial score (nSPS) is 16.1. The van der Waals surface area contributed by atoms with Crippen molar-refractivity contribution in [3.05, 3.63) is 30.1 Å². The number of aromatic nitrogens is 1. The minimum atomic E-state index is -4.58. The highest BCUT2D eigenvalue weighted by Crippen LogP contribution is 2.26. The molecule has 8 heteroatoms. The Morgan fingerprint density at radius 2 is 2.21 bits per heavy atom. The number of halogens is 3. The van der Waals surface area contributed by atoms with Crippen LogP contribution in [0.25, 0.3) is 0 Å². The van der Waals surface area contributed by atoms with Crippen molar-refractivity contribution < 1.29 is 18.4 Å². The molecule has 0 aliphatic carbocycles. The number of nitrogens with zero attached hydrogens (tertiary/aromatic N) is 2. The van der Waals surface area contributed by atoms with E-state index in [4.69, 9.17) is 10.9 Å². The molecule has 106 valence electrons. The average Bonchev–Trinajstić information content (AvgIpc) is 2.37. The lowest BCUT2D eigenvalue weighted by Gasteiger charge is -2.21. The summed E-state index contributed by atoms with van der Waals surface area (Å²) in [6.45, 7) is 1.19. The summed E-state index contributed by atoms with van der Waals surface area (Å²) in [5, 5.41) is 13.5. The van der Waals surface area contributed by atoms with E-state index < -0.39 is 24.5 Å². The van der Waals surface area contributed by atoms with Gasteiger partial charge in [0.15, 0.2) is 5.84 Å². The van der Waals surface area contributed by atoms with Crippen LogP contribution in [0.15, 0.2) is 29.6 Å². The number of hydrogen-bond donors (Lipinski definition) is 3. The van der Waals surface area contributed by atoms with Gasteiger partial charge in [0, 0.05) is 18.8 Å². The third-order valence-electron chi connectivity index (χ3n) is 2.63. The first kappa shape index (κ1) is 15.2. The molecule has 0 bridgehead atoms. The molecule has 0 saturated carbocycles. The van der Waals surface area contributed by atoms with Crippen LogP contribution in [-0.4, -0.2) is 28.7 Å². The van der Waals surface area contributed by atoms with E-state index >= 15 is 0 Å². The Bertz CT molecular complexity index is 422. The Labute approximate surface area is 108 Å². The van der Waals surface area contributed by atoms with Gasteiger partial charge in [0.2, 0.25) is 0 Å². The number of rotatable bonds is 5. The first-order valence-corrected chi connectivity index (χ1v) is 5.54. The molecular formula is C11H15F3N4O. The molecule has 0 aliphatic heterocycles. The van der Waals surface area contributed by atoms with Gasteiger partial charge in [0.1, 0.15) is 5.92 Å². The smallest absolute Gasteiger partial charge is 0.400 e. The van der Waals surface area contributed by atoms with Gasteiger partial charge in [0.05, 0.1) is 5.69 Å². The summed E-state index contributed by atoms with van der Waals surface area (Å²) < 4.78 is 38.0. The molecule has 1 rings (SSSR count). The maximum absolute atomic E-state index is 12.7. The maximum Gasteiger partial charge on any atom is 0.400 e. The summed E-state index contributed by atoms with van der Waals surface area (Å²) in [6.07, 6.45) is -3.02. The van der Waals surface area contributed by atoms with Crippen molar-refractivity contribution in [2.45, 2.75) is 19.1 Å². The summed E-state index contributed by atoms with van der Waals surface area (Å²) in [6, 6.07) is 4.78. The van der Waals surface area contributed by atoms with Gasteiger partial charge in [-0.15, -0.1) is 0 Å². The van der Waals surface area contributed by atoms with Gasteiger partial charge in [0.25, 0.3) is 0 Å². The monoisotopic (exact) mass is 276 g/mol. The number of pyridine rings is 1. The van der Waals surface area contributed by atoms with Crippen LogP contribution >= 0.6 is 0 Å². The zero-order chi connectivity index (χ0) is 14.5. The molecular weight excluding hydrogens is 261 g/mol. The Morgan fingerprint density at radius 1 is 1.53 bits per heavy atom. The molecule has 4 N–H and O–H groups in total. The third-order valence-corrected chi connectivity index (χ3v) is 2.63. The standard InChI is InChI=1S/C11H15F3N4O/c1-7(9-4-2-3-5-16-9)17-6-8(10(15)18-19)11(12,13)14/h2-5,7-8,17,19H,6H2,1H3,(H2,15,18). The van der Waals surface area contributed by atoms with Crippen molar-refractivity contribution in [3.63, 3.8) is 0 Å². The van der Waals surface area contributed by atoms with E-state index in [2.05, 4.69) is 15.5 Å². The highest BCUT2D eigenvalue weighted by atomic mass is 19.4. The summed E-state index contributed by atoms with van der Waals surface area (Å²) in [7, 11) is 0. The summed E-state index contributed by atoms with van der Waals surface area (Å²) in [5.74, 6) is -2.91. The number of oxime groups is 1. The van der Waals surface area contributed by atoms with Crippen molar-refractivity contribution in [1.82, 2.24) is 10.3 Å². The van der Waals surface area contributed by atoms with Crippen molar-refractivity contribution in [3.8, 4) is 0 Å². The van der Waals surface area contributed by atoms with Crippen molar-refractivity contribution in [2.75, 3.05) is 6.54 Å². The second-order valence-electron chi connectivity index (χ2n) is 4.00. The quantitative estimate of drug-likeness (QED) is 0.330. The second kappa shape index (κ2) is 6.37. The Morgan fingerprint density at radius 3 is 2.68 bits per heavy atom. The fourth-order valence-corrected chi connectivity index (χ4v) is 1.49. The van der Waals surface area contributed by atoms with E-state index in [1.807, 2.05) is 0 Å². The second-order valence-corrected chi connectivity index (χ2v) is 4.00. The van der Waals surface area contributed by atoms with Crippen LogP contribution in [0.5, 0.6) is 0 Å². The molecule has 19 heavy (non-hydrogen) atoms. The minimum Gasteiger partial charge on any atom is -0.409 e. The summed E-state index contributed by atoms with van der Waals surface area (Å²) >= 11 is 0. The van der Waals surface area contributed by atoms with E-state index in [9.17, 15) is 13.2 Å². The largest absolute Gasteiger partial charge is 0.409 e. The van der Waals surface area contributed by atoms with Crippen LogP contribution in [0.4, 0.5) is 13.2 Å². The predicted molar refractivity (Wildman–Crippen MR) is 63.6 cm³/mol. The van der Waals surface area contributed by atoms with Gasteiger partial charge in [-0.2, -0.15) is 13.2 Å². The number of hydrogen-bond acceptors (Lipinski definition) is 4. The molecule has 0 fully saturated rings. The van der Waals surface area contributed by atoms with E-state index in [1.165, 1.54) is 0 Å². The van der Waals surface area contributed by atoms with Gasteiger partial charge in [-0.05, 0) is 19.1 Å². The van der Waals surface area contributed by atoms with Crippen LogP contribution in [-0.2, 0) is 0 Å². The van der Waals surface area contributed by atoms with Crippen molar-refractivity contribution in [2.24, 2.45) is 16.8 Å². The van der Waals surface area contributed by atoms with Crippen LogP contribution in [0, 0.1) is 5.92 Å². The predicted octanol–water partition coefficient (Wildman–Crippen LogP) is 1.66. The lowest BCUT2D eigenvalue weighted by Crippen LogP contribution is -2.43. The fraction of sp³-hybridized carbons (Fsp3) is 0.455. The fourth-order valence-electron chi connectivity index (χ4n) is 1.49. The molecule has 0 aromatic carbocycles. The number of alkyl halides is 3. The molecule has 1 aromatic heterocycles. The van der Waals surface area contributed by atoms with Crippen LogP contribution in [0.1, 0.15) is 18.7 Å². The molecule has 0 saturated heterocycles. The van der Waals surface area contributed by atoms with Crippen LogP contribution in [0.2, 0.25) is 0 Å². The van der Waals surface area contributed by atoms with Crippen molar-refractivity contribution in [1.29, 1.82) is 0 Å². The molecule has 1 aromatic rings. The van der Waals surface area contributed by atoms with Gasteiger partial charge >= 0.3 is 6.18 Å². The molecule has 0 aliphatic rings. The molecule has 0 amide bonds. The highest BCUT2D eigenvalue weighted by molar-refractivity contribution is 5.83. The zero-order valence-electron chi connectivity index (χ0n) is 10.2. The SMILES string of the molecule is CC(NCC(/C(N)=N/O)C(F)(F)F)c1ccccn1. The maximum atomic E-state index is 12.7. The van der Waals surface area contributed by atoms with Crippen LogP contribution < -0.4 is 11.1 Å². The molecule has 1 heterocycles. The molecule has 0 radical (unpaired) electrons. The van der Waals surface area contributed by atoms with E-state index in [0.717, 1.165) is 0 Å². The number of nitrogens with one attached hydrogen (secondary N) is 1. The first-order chi connectivity index (χ1) is 8.86. The highest BCUT2D eigenvalue weighted by Gasteiger charge is 2.42. The number of amidine groups is 1. The van der Waals surface area contributed by atoms with Gasteiger partial charge in [-0.1, -0.05) is 11.2 Å². The molecule has 2 unspecified atom stereocenters. The van der Waals surface area contributed by atoms with E-state index in [-0.39, 0.29) is 6.04 Å². The number of nitrogens with two attached hydrogens (primary N) is 1. The van der Waals surface area contributed by atoms with Gasteiger partial charge in [-0.25, -0.2) is 0 Å². The van der Waals surface area contributed by atoms with Crippen LogP contribution in [0.3, 0.4) is 0 Å². The van der Waals surface area contributed by atoms with E-state index in [0.29, 0.717) is 5.69 Å². The summed E-state index contributed by atoms with van der Waals surface area (Å²) in [5.41, 5.74) is 5.67. The van der Waals surface area contributed by atoms with Gasteiger partial charge in [-0.3, -0.25) is 4.98 Å². The third kappa shape index (κ3) is 4.40. The van der Waals surface area contributed by atoms with E-state index in [1.54, 1.807) is 31.3 Å². The topological polar surface area (TPSA) is 83.5 Å². The molecule has 5 nitrogen and oxygen atoms in total. The first-order valence-electron chi connectivity index (χ1n) is 5.54. The minimum absolute atomic E-state index is 0.377. The zero-order valence-corrected chi connectivity index (χ0v) is 10.2. The molecule has 0 spiro atoms. The Hall–Kier alpha value is -1.83. The Kier molecular flexibility index (Phi) is 5.11. The average molecular weight is 276 g/mol. The van der Waals surface area contributed by atoms with Crippen molar-refractivity contribution >= 4 is 5.84 Å². The lowest BCUT2D eigenvalue weighted by molar-refractivity contribution is -0.155.